The number of allylic oxidation sites excluding steroid dienone is 11. The first-order valence-corrected chi connectivity index (χ1v) is 39.8. The molecule has 0 saturated heterocycles. The van der Waals surface area contributed by atoms with E-state index < -0.39 is 51.2 Å². The Bertz CT molecular complexity index is 4400. The van der Waals surface area contributed by atoms with Crippen LogP contribution in [0, 0.1) is 121 Å². The molecule has 18 bridgehead atoms. The van der Waals surface area contributed by atoms with Crippen LogP contribution >= 0.6 is 0 Å². The molecule has 20 aliphatic rings. The van der Waals surface area contributed by atoms with Crippen molar-refractivity contribution in [2.45, 2.75) is 197 Å². The fourth-order valence-electron chi connectivity index (χ4n) is 30.6. The van der Waals surface area contributed by atoms with E-state index in [0.717, 1.165) is 114 Å². The van der Waals surface area contributed by atoms with Crippen LogP contribution in [0.15, 0.2) is 150 Å². The molecule has 0 aromatic heterocycles. The van der Waals surface area contributed by atoms with Crippen molar-refractivity contribution in [3.05, 3.63) is 188 Å². The van der Waals surface area contributed by atoms with Gasteiger partial charge in [-0.05, 0) is 278 Å². The summed E-state index contributed by atoms with van der Waals surface area (Å²) in [5.41, 5.74) is 12.6. The van der Waals surface area contributed by atoms with Gasteiger partial charge in [0.1, 0.15) is 0 Å². The largest absolute Gasteiger partial charge is 0.516 e. The normalized spacial score (nSPS) is 45.6. The zero-order valence-electron chi connectivity index (χ0n) is 57.6. The van der Waals surface area contributed by atoms with Crippen LogP contribution < -0.4 is 21.1 Å². The topological polar surface area (TPSA) is 122 Å². The highest BCUT2D eigenvalue weighted by Crippen LogP contribution is 2.90. The van der Waals surface area contributed by atoms with Gasteiger partial charge in [0.05, 0.1) is 30.2 Å². The fraction of sp³-hybridized carbons (Fsp3) is 0.571. The number of carbonyl (C=O) groups is 1. The first-order valence-electron chi connectivity index (χ1n) is 39.8. The molecule has 23 rings (SSSR count). The van der Waals surface area contributed by atoms with Gasteiger partial charge in [0.25, 0.3) is 0 Å². The number of carboxylic acid groups (broad SMARTS) is 1. The SMILES string of the molecule is O=C(O)[C@@H]1CCC(=CO)[C@H](C2CCCCC2)CCCNC2=CC=C(CN2)c2ccc3c(c2)[C@H]2C4=c5ccccc5=C[C@@H]5C4=C[C@@]46C=CC[C@@]7(CC#C[C@@H]2C=C3)C4[C@]5(CC[C@@H]7O)C2=C(C6)[C@]34[C@@H]5CC[C@@]6(C[C@H]7C[C@H]8c9ccccc9CC[C@H]8C[C@H]7C6)[C@@H]5C=C[C@@]15[C@H](O)[C@H]3CCC[C@@]54CC2. The van der Waals surface area contributed by atoms with E-state index >= 15 is 4.79 Å². The number of hydrogen-bond donors (Lipinski definition) is 6. The van der Waals surface area contributed by atoms with E-state index in [1.54, 1.807) is 22.3 Å². The standard InChI is InChI=1S/C91H102N2O5/c94-53-62-27-29-75(83(97)98)90-42-33-71-73(31-39-85(71)48-63-44-60-26-23-55-14-4-6-17-66(55)68(60)46-64(63)49-85)91-74(82(90)96)20-9-38-88(90,91)40-32-72-77(91)51-86-35-11-37-87-36-8-16-57-24-21-56-22-25-58(61-28-30-79(93-52-61)92-43-10-19-65(62)54-12-2-1-3-13-54)45-69(56)80(57)81-67-18-7-5-15-59(67)47-76(70(81)50-86)89(72,84(86)87)41-34-78(87)95/h4-7,11,14-15,17-18,21-22,24-25,28,30,33,35,42,45,47,50,53-54,57,60,63-65,68,71,73-76,78,80,82,84,92-96H,1-3,9-10,12-13,19-20,23,26-27,29,31-32,34,36-41,43-44,46,48-49,51-52H2,(H,97,98)/t57-,60+,63+,64-,65+,68-,71-,73-,74-,75+,76-,78+,80+,82-,84?,85-,86-,87-,88-,89-,90+,91+/m1/s1. The van der Waals surface area contributed by atoms with Gasteiger partial charge in [0.2, 0.25) is 0 Å². The summed E-state index contributed by atoms with van der Waals surface area (Å²) < 4.78 is 0. The summed E-state index contributed by atoms with van der Waals surface area (Å²) in [7, 11) is 0. The summed E-state index contributed by atoms with van der Waals surface area (Å²) in [5.74, 6) is 11.5. The fourth-order valence-corrected chi connectivity index (χ4v) is 30.6. The quantitative estimate of drug-likeness (QED) is 0.0859. The maximum absolute atomic E-state index is 15.6. The van der Waals surface area contributed by atoms with Crippen molar-refractivity contribution in [3.8, 4) is 11.8 Å². The Morgan fingerprint density at radius 3 is 2.48 bits per heavy atom. The lowest BCUT2D eigenvalue weighted by Crippen LogP contribution is -2.69. The number of aryl methyl sites for hydroxylation is 1. The maximum Gasteiger partial charge on any atom is 0.307 e. The van der Waals surface area contributed by atoms with Crippen molar-refractivity contribution >= 4 is 29.3 Å². The van der Waals surface area contributed by atoms with Gasteiger partial charge in [-0.15, -0.1) is 5.92 Å². The smallest absolute Gasteiger partial charge is 0.307 e. The summed E-state index contributed by atoms with van der Waals surface area (Å²) >= 11 is 0. The molecule has 0 radical (unpaired) electrons. The van der Waals surface area contributed by atoms with Crippen LogP contribution in [-0.4, -0.2) is 51.7 Å². The Morgan fingerprint density at radius 1 is 0.724 bits per heavy atom. The first kappa shape index (κ1) is 60.4. The minimum atomic E-state index is -1.02. The number of fused-ring (bicyclic) bond motifs is 9. The maximum atomic E-state index is 15.6. The van der Waals surface area contributed by atoms with Crippen molar-refractivity contribution in [3.63, 3.8) is 0 Å². The van der Waals surface area contributed by atoms with Crippen LogP contribution in [0.4, 0.5) is 0 Å². The Kier molecular flexibility index (Phi) is 13.3. The lowest BCUT2D eigenvalue weighted by atomic mass is 9.29. The number of nitrogens with one attached hydrogen (secondary N) is 2. The zero-order valence-corrected chi connectivity index (χ0v) is 57.6. The van der Waals surface area contributed by atoms with Crippen molar-refractivity contribution in [1.82, 2.24) is 10.6 Å². The van der Waals surface area contributed by atoms with Gasteiger partial charge in [-0.1, -0.05) is 164 Å². The van der Waals surface area contributed by atoms with Crippen molar-refractivity contribution in [2.75, 3.05) is 13.1 Å². The first-order chi connectivity index (χ1) is 48.0. The highest BCUT2D eigenvalue weighted by Gasteiger charge is 2.85. The van der Waals surface area contributed by atoms with Crippen molar-refractivity contribution in [2.24, 2.45) is 109 Å². The molecule has 1 unspecified atom stereocenters. The van der Waals surface area contributed by atoms with Crippen LogP contribution in [0.2, 0.25) is 0 Å². The van der Waals surface area contributed by atoms with Crippen LogP contribution in [0.5, 0.6) is 0 Å². The minimum absolute atomic E-state index is 0.0285. The number of aliphatic hydroxyl groups excluding tert-OH is 3. The molecule has 4 heterocycles. The van der Waals surface area contributed by atoms with Gasteiger partial charge in [-0.2, -0.15) is 0 Å². The molecule has 4 aliphatic heterocycles. The van der Waals surface area contributed by atoms with E-state index in [-0.39, 0.29) is 58.2 Å². The summed E-state index contributed by atoms with van der Waals surface area (Å²) in [6, 6.07) is 26.2. The number of rotatable bonds is 2. The highest BCUT2D eigenvalue weighted by molar-refractivity contribution is 5.84. The van der Waals surface area contributed by atoms with E-state index in [0.29, 0.717) is 49.5 Å². The molecule has 6 N–H and O–H groups in total. The van der Waals surface area contributed by atoms with E-state index in [2.05, 4.69) is 150 Å². The summed E-state index contributed by atoms with van der Waals surface area (Å²) in [5, 5.41) is 63.2. The van der Waals surface area contributed by atoms with Gasteiger partial charge in [0, 0.05) is 64.3 Å². The Labute approximate surface area is 581 Å². The number of aliphatic hydroxyl groups is 3. The highest BCUT2D eigenvalue weighted by atomic mass is 16.4. The monoisotopic (exact) mass is 1300 g/mol. The van der Waals surface area contributed by atoms with Crippen LogP contribution in [0.1, 0.15) is 207 Å². The lowest BCUT2D eigenvalue weighted by Gasteiger charge is -2.74. The minimum Gasteiger partial charge on any atom is -0.516 e. The van der Waals surface area contributed by atoms with E-state index in [1.807, 2.05) is 0 Å². The molecule has 3 aromatic carbocycles. The predicted octanol–water partition coefficient (Wildman–Crippen LogP) is 16.4. The van der Waals surface area contributed by atoms with Gasteiger partial charge >= 0.3 is 5.97 Å². The molecule has 3 aromatic rings. The summed E-state index contributed by atoms with van der Waals surface area (Å²) in [6.45, 7) is 1.51. The molecule has 22 atom stereocenters. The molecular weight excluding hydrogens is 1200 g/mol. The molecule has 506 valence electrons. The van der Waals surface area contributed by atoms with Crippen molar-refractivity contribution in [1.29, 1.82) is 0 Å². The molecule has 7 heteroatoms. The van der Waals surface area contributed by atoms with Gasteiger partial charge in [-0.25, -0.2) is 0 Å². The third-order valence-electron chi connectivity index (χ3n) is 33.4. The van der Waals surface area contributed by atoms with Crippen LogP contribution in [0.25, 0.3) is 23.3 Å². The zero-order chi connectivity index (χ0) is 65.3. The summed E-state index contributed by atoms with van der Waals surface area (Å²) in [4.78, 5) is 15.6. The van der Waals surface area contributed by atoms with Crippen molar-refractivity contribution < 1.29 is 25.2 Å². The number of hydrogen-bond acceptors (Lipinski definition) is 6. The number of aliphatic carboxylic acids is 1. The predicted molar refractivity (Wildman–Crippen MR) is 387 cm³/mol. The third-order valence-corrected chi connectivity index (χ3v) is 33.4. The molecule has 0 amide bonds. The number of dihydropyridines is 1. The average Bonchev–Trinajstić information content (AvgIpc) is 0.802. The Hall–Kier alpha value is -6.33. The molecule has 7 fully saturated rings. The van der Waals surface area contributed by atoms with Gasteiger partial charge < -0.3 is 31.1 Å². The second kappa shape index (κ2) is 21.6. The van der Waals surface area contributed by atoms with Crippen LogP contribution in [-0.2, 0) is 11.2 Å². The second-order valence-corrected chi connectivity index (χ2v) is 36.1. The van der Waals surface area contributed by atoms with E-state index in [9.17, 15) is 20.4 Å². The van der Waals surface area contributed by atoms with E-state index in [1.165, 1.54) is 114 Å². The molecule has 3 spiro atoms. The Morgan fingerprint density at radius 2 is 1.60 bits per heavy atom. The van der Waals surface area contributed by atoms with Crippen LogP contribution in [0.3, 0.4) is 0 Å². The van der Waals surface area contributed by atoms with Gasteiger partial charge in [0.15, 0.2) is 0 Å². The lowest BCUT2D eigenvalue weighted by molar-refractivity contribution is -0.179. The average molecular weight is 1300 g/mol. The third kappa shape index (κ3) is 7.70. The second-order valence-electron chi connectivity index (χ2n) is 36.1. The molecule has 7 nitrogen and oxygen atoms in total. The number of benzene rings is 3. The summed E-state index contributed by atoms with van der Waals surface area (Å²) in [6.07, 6.45) is 53.1. The van der Waals surface area contributed by atoms with Gasteiger partial charge in [-0.3, -0.25) is 4.79 Å². The van der Waals surface area contributed by atoms with E-state index in [4.69, 9.17) is 0 Å². The number of carboxylic acids is 1. The molecular formula is C91H102N2O5. The Balaban J connectivity index is 0.808. The molecule has 98 heavy (non-hydrogen) atoms. The molecule has 7 saturated carbocycles. The molecule has 16 aliphatic carbocycles.